The van der Waals surface area contributed by atoms with E-state index in [0.717, 1.165) is 16.8 Å². The SMILES string of the molecule is C[C@@H]1[NH2+][C@]2(C(=O)Nc3ccccc32)[C@@H]2C(=O)N(CCc3ccccc3)C(=O)[C@H]12. The number of amides is 3. The number of carbonyl (C=O) groups is 3. The molecule has 3 aliphatic heterocycles. The molecule has 0 bridgehead atoms. The summed E-state index contributed by atoms with van der Waals surface area (Å²) in [6.07, 6.45) is 0.617. The Balaban J connectivity index is 1.50. The third-order valence-electron chi connectivity index (χ3n) is 6.49. The number of hydrogen-bond acceptors (Lipinski definition) is 3. The maximum Gasteiger partial charge on any atom is 0.291 e. The topological polar surface area (TPSA) is 83.1 Å². The average Bonchev–Trinajstić information content (AvgIpc) is 3.26. The summed E-state index contributed by atoms with van der Waals surface area (Å²) in [5.41, 5.74) is 1.58. The van der Waals surface area contributed by atoms with E-state index in [-0.39, 0.29) is 23.8 Å². The van der Waals surface area contributed by atoms with Crippen LogP contribution in [0.4, 0.5) is 5.69 Å². The van der Waals surface area contributed by atoms with Gasteiger partial charge in [0.1, 0.15) is 11.8 Å². The number of imide groups is 1. The second-order valence-corrected chi connectivity index (χ2v) is 7.96. The molecule has 0 unspecified atom stereocenters. The fourth-order valence-electron chi connectivity index (χ4n) is 5.26. The molecule has 142 valence electrons. The summed E-state index contributed by atoms with van der Waals surface area (Å²) in [7, 11) is 0. The molecule has 6 nitrogen and oxygen atoms in total. The Morgan fingerprint density at radius 3 is 2.50 bits per heavy atom. The molecule has 3 N–H and O–H groups in total. The van der Waals surface area contributed by atoms with Crippen LogP contribution >= 0.6 is 0 Å². The van der Waals surface area contributed by atoms with E-state index in [1.54, 1.807) is 0 Å². The van der Waals surface area contributed by atoms with Gasteiger partial charge < -0.3 is 10.6 Å². The Morgan fingerprint density at radius 1 is 1.00 bits per heavy atom. The second-order valence-electron chi connectivity index (χ2n) is 7.96. The zero-order valence-electron chi connectivity index (χ0n) is 15.6. The number of rotatable bonds is 3. The van der Waals surface area contributed by atoms with Crippen molar-refractivity contribution in [1.82, 2.24) is 4.90 Å². The van der Waals surface area contributed by atoms with Crippen LogP contribution in [-0.4, -0.2) is 35.2 Å². The first-order valence-electron chi connectivity index (χ1n) is 9.70. The second kappa shape index (κ2) is 6.01. The Hall–Kier alpha value is -2.99. The molecule has 0 aromatic heterocycles. The molecule has 3 aliphatic rings. The highest BCUT2D eigenvalue weighted by Crippen LogP contribution is 2.48. The lowest BCUT2D eigenvalue weighted by Gasteiger charge is -2.25. The van der Waals surface area contributed by atoms with Crippen molar-refractivity contribution in [3.63, 3.8) is 0 Å². The maximum absolute atomic E-state index is 13.4. The lowest BCUT2D eigenvalue weighted by atomic mass is 9.76. The minimum atomic E-state index is -1.05. The molecule has 2 aromatic carbocycles. The maximum atomic E-state index is 13.4. The number of nitrogens with one attached hydrogen (secondary N) is 1. The lowest BCUT2D eigenvalue weighted by molar-refractivity contribution is -0.730. The zero-order valence-corrected chi connectivity index (χ0v) is 15.6. The Kier molecular flexibility index (Phi) is 3.67. The summed E-state index contributed by atoms with van der Waals surface area (Å²) in [6, 6.07) is 17.2. The first-order chi connectivity index (χ1) is 13.5. The molecule has 2 fully saturated rings. The highest BCUT2D eigenvalue weighted by molar-refractivity contribution is 6.13. The molecule has 6 heteroatoms. The third kappa shape index (κ3) is 2.15. The molecule has 2 aromatic rings. The summed E-state index contributed by atoms with van der Waals surface area (Å²) in [5, 5.41) is 4.84. The van der Waals surface area contributed by atoms with Crippen LogP contribution in [0, 0.1) is 11.8 Å². The summed E-state index contributed by atoms with van der Waals surface area (Å²) in [5.74, 6) is -1.70. The first-order valence-corrected chi connectivity index (χ1v) is 9.70. The number of hydrogen-bond donors (Lipinski definition) is 2. The van der Waals surface area contributed by atoms with Crippen LogP contribution in [0.15, 0.2) is 54.6 Å². The molecule has 0 aliphatic carbocycles. The fourth-order valence-corrected chi connectivity index (χ4v) is 5.26. The number of para-hydroxylation sites is 1. The van der Waals surface area contributed by atoms with E-state index in [1.807, 2.05) is 66.8 Å². The van der Waals surface area contributed by atoms with Gasteiger partial charge in [-0.1, -0.05) is 48.5 Å². The number of fused-ring (bicyclic) bond motifs is 4. The van der Waals surface area contributed by atoms with E-state index >= 15 is 0 Å². The lowest BCUT2D eigenvalue weighted by Crippen LogP contribution is -2.98. The van der Waals surface area contributed by atoms with Gasteiger partial charge >= 0.3 is 0 Å². The van der Waals surface area contributed by atoms with E-state index in [0.29, 0.717) is 13.0 Å². The summed E-state index contributed by atoms with van der Waals surface area (Å²) in [4.78, 5) is 41.0. The number of quaternary nitrogens is 1. The molecule has 3 amide bonds. The van der Waals surface area contributed by atoms with Crippen molar-refractivity contribution in [3.05, 3.63) is 65.7 Å². The van der Waals surface area contributed by atoms with Crippen molar-refractivity contribution in [1.29, 1.82) is 0 Å². The van der Waals surface area contributed by atoms with E-state index in [9.17, 15) is 14.4 Å². The zero-order chi connectivity index (χ0) is 19.5. The smallest absolute Gasteiger partial charge is 0.291 e. The highest BCUT2D eigenvalue weighted by atomic mass is 16.2. The largest absolute Gasteiger partial charge is 0.326 e. The standard InChI is InChI=1S/C22H21N3O3/c1-13-17-18(22(24-13)15-9-5-6-10-16(15)23-21(22)28)20(27)25(19(17)26)12-11-14-7-3-2-4-8-14/h2-10,13,17-18,24H,11-12H2,1H3,(H,23,28)/p+1/t13-,17+,18-,22-/m0/s1. The van der Waals surface area contributed by atoms with Crippen LogP contribution in [0.2, 0.25) is 0 Å². The first kappa shape index (κ1) is 17.1. The number of carbonyl (C=O) groups excluding carboxylic acids is 3. The molecule has 0 saturated carbocycles. The van der Waals surface area contributed by atoms with Crippen LogP contribution in [0.3, 0.4) is 0 Å². The Morgan fingerprint density at radius 2 is 1.71 bits per heavy atom. The van der Waals surface area contributed by atoms with Gasteiger partial charge in [-0.25, -0.2) is 0 Å². The summed E-state index contributed by atoms with van der Waals surface area (Å²) in [6.45, 7) is 2.28. The van der Waals surface area contributed by atoms with E-state index in [1.165, 1.54) is 4.90 Å². The summed E-state index contributed by atoms with van der Waals surface area (Å²) >= 11 is 0. The molecule has 4 atom stereocenters. The highest BCUT2D eigenvalue weighted by Gasteiger charge is 2.73. The van der Waals surface area contributed by atoms with Crippen molar-refractivity contribution in [2.75, 3.05) is 11.9 Å². The molecular weight excluding hydrogens is 354 g/mol. The summed E-state index contributed by atoms with van der Waals surface area (Å²) < 4.78 is 0. The van der Waals surface area contributed by atoms with Crippen molar-refractivity contribution in [2.24, 2.45) is 11.8 Å². The Labute approximate surface area is 162 Å². The molecule has 1 spiro atoms. The average molecular weight is 376 g/mol. The number of likely N-dealkylation sites (tertiary alicyclic amines) is 1. The van der Waals surface area contributed by atoms with Crippen molar-refractivity contribution >= 4 is 23.4 Å². The quantitative estimate of drug-likeness (QED) is 0.772. The van der Waals surface area contributed by atoms with Crippen molar-refractivity contribution in [3.8, 4) is 0 Å². The van der Waals surface area contributed by atoms with Crippen LogP contribution < -0.4 is 10.6 Å². The molecule has 28 heavy (non-hydrogen) atoms. The van der Waals surface area contributed by atoms with Gasteiger partial charge in [0.15, 0.2) is 0 Å². The van der Waals surface area contributed by atoms with Gasteiger partial charge in [0.25, 0.3) is 5.91 Å². The Bertz CT molecular complexity index is 990. The van der Waals surface area contributed by atoms with Crippen LogP contribution in [0.25, 0.3) is 0 Å². The normalized spacial score (nSPS) is 30.7. The van der Waals surface area contributed by atoms with E-state index < -0.39 is 17.4 Å². The van der Waals surface area contributed by atoms with Gasteiger partial charge in [0, 0.05) is 12.1 Å². The van der Waals surface area contributed by atoms with Crippen molar-refractivity contribution < 1.29 is 19.7 Å². The minimum absolute atomic E-state index is 0.139. The van der Waals surface area contributed by atoms with Crippen molar-refractivity contribution in [2.45, 2.75) is 24.9 Å². The van der Waals surface area contributed by atoms with Gasteiger partial charge in [-0.15, -0.1) is 0 Å². The number of anilines is 1. The molecule has 5 rings (SSSR count). The molecule has 2 saturated heterocycles. The molecular formula is C22H22N3O3+. The third-order valence-corrected chi connectivity index (χ3v) is 6.49. The van der Waals surface area contributed by atoms with E-state index in [4.69, 9.17) is 0 Å². The van der Waals surface area contributed by atoms with Crippen LogP contribution in [0.1, 0.15) is 18.1 Å². The fraction of sp³-hybridized carbons (Fsp3) is 0.318. The molecule has 0 radical (unpaired) electrons. The number of benzene rings is 2. The molecule has 3 heterocycles. The predicted octanol–water partition coefficient (Wildman–Crippen LogP) is 0.643. The number of nitrogens with zero attached hydrogens (tertiary/aromatic N) is 1. The van der Waals surface area contributed by atoms with Gasteiger partial charge in [0.05, 0.1) is 11.7 Å². The van der Waals surface area contributed by atoms with Gasteiger partial charge in [-0.05, 0) is 25.0 Å². The van der Waals surface area contributed by atoms with Gasteiger partial charge in [0.2, 0.25) is 17.4 Å². The van der Waals surface area contributed by atoms with Crippen LogP contribution in [-0.2, 0) is 26.3 Å². The van der Waals surface area contributed by atoms with Gasteiger partial charge in [-0.3, -0.25) is 19.3 Å². The number of nitrogens with two attached hydrogens (primary N) is 1. The monoisotopic (exact) mass is 376 g/mol. The van der Waals surface area contributed by atoms with Crippen LogP contribution in [0.5, 0.6) is 0 Å². The predicted molar refractivity (Wildman–Crippen MR) is 102 cm³/mol. The van der Waals surface area contributed by atoms with E-state index in [2.05, 4.69) is 5.32 Å². The van der Waals surface area contributed by atoms with Gasteiger partial charge in [-0.2, -0.15) is 0 Å². The minimum Gasteiger partial charge on any atom is -0.326 e.